The van der Waals surface area contributed by atoms with Crippen LogP contribution in [-0.4, -0.2) is 68.3 Å². The largest absolute Gasteiger partial charge is 0.499 e. The molecule has 0 N–H and O–H groups in total. The van der Waals surface area contributed by atoms with E-state index in [2.05, 4.69) is 17.5 Å². The molecule has 3 aromatic rings. The third kappa shape index (κ3) is 9.57. The number of esters is 1. The smallest absolute Gasteiger partial charge is 0.459 e. The first-order valence-corrected chi connectivity index (χ1v) is 22.8. The first kappa shape index (κ1) is 39.1. The molecule has 3 atom stereocenters. The van der Waals surface area contributed by atoms with Crippen LogP contribution in [0.3, 0.4) is 0 Å². The Morgan fingerprint density at radius 2 is 1.76 bits per heavy atom. The van der Waals surface area contributed by atoms with Gasteiger partial charge in [-0.1, -0.05) is 79.8 Å². The average Bonchev–Trinajstić information content (AvgIpc) is 3.39. The predicted molar refractivity (Wildman–Crippen MR) is 196 cm³/mol. The third-order valence-electron chi connectivity index (χ3n) is 8.55. The molecule has 49 heavy (non-hydrogen) atoms. The number of rotatable bonds is 12. The molecule has 5 rings (SSSR count). The lowest BCUT2D eigenvalue weighted by Crippen LogP contribution is -2.57. The fourth-order valence-corrected chi connectivity index (χ4v) is 9.06. The molecule has 0 amide bonds. The van der Waals surface area contributed by atoms with Gasteiger partial charge in [0, 0.05) is 31.1 Å². The number of carbonyl (C=O) groups excluding carboxylic acids is 1. The number of halogens is 1. The van der Waals surface area contributed by atoms with Crippen molar-refractivity contribution in [2.75, 3.05) is 19.8 Å². The van der Waals surface area contributed by atoms with E-state index in [1.807, 2.05) is 50.0 Å². The van der Waals surface area contributed by atoms with Gasteiger partial charge >= 0.3 is 16.2 Å². The predicted octanol–water partition coefficient (Wildman–Crippen LogP) is 8.18. The lowest BCUT2D eigenvalue weighted by atomic mass is 9.90. The van der Waals surface area contributed by atoms with Crippen LogP contribution < -0.4 is 0 Å². The Bertz CT molecular complexity index is 1660. The molecule has 3 unspecified atom stereocenters. The first-order chi connectivity index (χ1) is 22.9. The first-order valence-electron chi connectivity index (χ1n) is 16.4. The van der Waals surface area contributed by atoms with Crippen LogP contribution in [-0.2, 0) is 34.6 Å². The molecule has 2 aromatic carbocycles. The summed E-state index contributed by atoms with van der Waals surface area (Å²) < 4.78 is 43.8. The molecule has 2 aliphatic rings. The van der Waals surface area contributed by atoms with Crippen LogP contribution in [0.2, 0.25) is 30.7 Å². The Kier molecular flexibility index (Phi) is 12.5. The zero-order valence-electron chi connectivity index (χ0n) is 29.0. The number of nitro groups is 1. The van der Waals surface area contributed by atoms with Gasteiger partial charge in [0.15, 0.2) is 16.2 Å². The summed E-state index contributed by atoms with van der Waals surface area (Å²) in [6.45, 7) is 11.5. The van der Waals surface area contributed by atoms with Crippen molar-refractivity contribution in [1.82, 2.24) is 4.31 Å². The van der Waals surface area contributed by atoms with Crippen molar-refractivity contribution in [3.05, 3.63) is 92.8 Å². The Labute approximate surface area is 300 Å². The third-order valence-corrected chi connectivity index (χ3v) is 12.9. The number of hydrogen-bond donors (Lipinski definition) is 0. The van der Waals surface area contributed by atoms with Crippen molar-refractivity contribution >= 4 is 47.2 Å². The molecule has 14 heteroatoms. The number of benzene rings is 2. The second kappa shape index (κ2) is 15.7. The van der Waals surface area contributed by atoms with Crippen molar-refractivity contribution in [3.63, 3.8) is 0 Å². The molecule has 10 nitrogen and oxygen atoms in total. The number of carbonyl (C=O) groups is 1. The van der Waals surface area contributed by atoms with E-state index >= 15 is 0 Å². The summed E-state index contributed by atoms with van der Waals surface area (Å²) in [4.78, 5) is 27.2. The summed E-state index contributed by atoms with van der Waals surface area (Å²) in [6.07, 6.45) is 2.05. The van der Waals surface area contributed by atoms with Gasteiger partial charge in [-0.05, 0) is 87.2 Å². The number of ether oxygens (including phenoxy) is 3. The van der Waals surface area contributed by atoms with Crippen molar-refractivity contribution in [1.29, 1.82) is 0 Å². The van der Waals surface area contributed by atoms with Crippen LogP contribution in [0.5, 0.6) is 0 Å². The monoisotopic (exact) mass is 750 g/mol. The highest BCUT2D eigenvalue weighted by Gasteiger charge is 2.80. The number of nitrogens with zero attached hydrogens (tertiary/aromatic N) is 2. The van der Waals surface area contributed by atoms with Crippen molar-refractivity contribution in [2.45, 2.75) is 95.0 Å². The van der Waals surface area contributed by atoms with E-state index in [0.29, 0.717) is 24.6 Å². The van der Waals surface area contributed by atoms with Gasteiger partial charge in [0.25, 0.3) is 0 Å². The minimum absolute atomic E-state index is 0.00438. The molecular weight excluding hydrogens is 704 g/mol. The summed E-state index contributed by atoms with van der Waals surface area (Å²) in [5.74, 6) is -0.807. The van der Waals surface area contributed by atoms with Crippen molar-refractivity contribution < 1.29 is 31.8 Å². The Hall–Kier alpha value is -2.65. The van der Waals surface area contributed by atoms with Crippen molar-refractivity contribution in [3.8, 4) is 10.4 Å². The zero-order chi connectivity index (χ0) is 36.1. The Balaban J connectivity index is 0.000000375. The van der Waals surface area contributed by atoms with E-state index < -0.39 is 51.4 Å². The standard InChI is InChI=1S/C25H40N2O8SSi.C10H7ClS/c1-23(2,3)35-22(28)25(26(15-17-37(4,5)6)36(31,32)27(29)30)18-24(25,20-12-8-7-9-13-20)19-34-21-14-10-11-16-33-21;11-9-5-3-8(4-6-9)10-2-1-7-12-10/h7-9,12-13,21H,10-11,14-19H2,1-6H3;1-7H. The topological polar surface area (TPSA) is 125 Å². The van der Waals surface area contributed by atoms with Gasteiger partial charge in [0.1, 0.15) is 5.60 Å². The highest BCUT2D eigenvalue weighted by atomic mass is 35.5. The summed E-state index contributed by atoms with van der Waals surface area (Å²) in [5.41, 5.74) is -2.06. The minimum Gasteiger partial charge on any atom is -0.459 e. The van der Waals surface area contributed by atoms with E-state index in [4.69, 9.17) is 25.8 Å². The highest BCUT2D eigenvalue weighted by molar-refractivity contribution is 7.83. The normalized spacial score (nSPS) is 22.6. The van der Waals surface area contributed by atoms with Crippen LogP contribution in [0.15, 0.2) is 72.1 Å². The summed E-state index contributed by atoms with van der Waals surface area (Å²) in [7, 11) is -6.96. The van der Waals surface area contributed by atoms with Gasteiger partial charge in [-0.15, -0.1) is 24.1 Å². The molecule has 1 aromatic heterocycles. The molecule has 2 heterocycles. The molecule has 1 saturated heterocycles. The fraction of sp³-hybridized carbons (Fsp3) is 0.514. The van der Waals surface area contributed by atoms with Gasteiger partial charge in [-0.2, -0.15) is 0 Å². The van der Waals surface area contributed by atoms with E-state index in [9.17, 15) is 23.3 Å². The van der Waals surface area contributed by atoms with Gasteiger partial charge in [0.05, 0.1) is 12.0 Å². The maximum Gasteiger partial charge on any atom is 0.499 e. The maximum absolute atomic E-state index is 14.0. The molecule has 0 bridgehead atoms. The van der Waals surface area contributed by atoms with Crippen molar-refractivity contribution in [2.24, 2.45) is 0 Å². The molecular formula is C35H47ClN2O8S2Si. The maximum atomic E-state index is 14.0. The minimum atomic E-state index is -5.09. The summed E-state index contributed by atoms with van der Waals surface area (Å²) in [5, 5.41) is 14.8. The molecule has 1 saturated carbocycles. The van der Waals surface area contributed by atoms with Gasteiger partial charge < -0.3 is 14.2 Å². The van der Waals surface area contributed by atoms with Crippen LogP contribution >= 0.6 is 22.9 Å². The van der Waals surface area contributed by atoms with E-state index in [1.165, 1.54) is 10.4 Å². The summed E-state index contributed by atoms with van der Waals surface area (Å²) in [6, 6.07) is 21.5. The summed E-state index contributed by atoms with van der Waals surface area (Å²) >= 11 is 7.52. The highest BCUT2D eigenvalue weighted by Crippen LogP contribution is 2.63. The van der Waals surface area contributed by atoms with E-state index in [0.717, 1.165) is 22.2 Å². The second-order valence-electron chi connectivity index (χ2n) is 14.7. The van der Waals surface area contributed by atoms with Crippen LogP contribution in [0.25, 0.3) is 10.4 Å². The second-order valence-corrected chi connectivity index (χ2v) is 23.3. The number of hydrogen-bond acceptors (Lipinski definition) is 9. The Morgan fingerprint density at radius 1 is 1.08 bits per heavy atom. The van der Waals surface area contributed by atoms with Crippen LogP contribution in [0, 0.1) is 10.1 Å². The zero-order valence-corrected chi connectivity index (χ0v) is 32.4. The van der Waals surface area contributed by atoms with Gasteiger partial charge in [-0.25, -0.2) is 14.9 Å². The molecule has 1 aliphatic carbocycles. The van der Waals surface area contributed by atoms with Crippen LogP contribution in [0.1, 0.15) is 52.0 Å². The van der Waals surface area contributed by atoms with E-state index in [-0.39, 0.29) is 19.6 Å². The van der Waals surface area contributed by atoms with Gasteiger partial charge in [-0.3, -0.25) is 0 Å². The Morgan fingerprint density at radius 3 is 2.29 bits per heavy atom. The lowest BCUT2D eigenvalue weighted by Gasteiger charge is -2.35. The van der Waals surface area contributed by atoms with Gasteiger partial charge in [0.2, 0.25) is 0 Å². The molecule has 0 radical (unpaired) electrons. The molecule has 2 fully saturated rings. The fourth-order valence-electron chi connectivity index (χ4n) is 5.96. The lowest BCUT2D eigenvalue weighted by molar-refractivity contribution is -0.313. The quantitative estimate of drug-likeness (QED) is 0.0786. The molecule has 268 valence electrons. The number of thiophene rings is 1. The molecule has 1 aliphatic heterocycles. The molecule has 0 spiro atoms. The van der Waals surface area contributed by atoms with Crippen LogP contribution in [0.4, 0.5) is 0 Å². The SMILES string of the molecule is CC(C)(C)OC(=O)C1(N(CC[Si](C)(C)C)S(=O)(=O)[N+](=O)[O-])CC1(COC1CCCCO1)c1ccccc1.Clc1ccc(-c2cccs2)cc1. The van der Waals surface area contributed by atoms with E-state index in [1.54, 1.807) is 56.4 Å². The average molecular weight is 751 g/mol.